The molecule has 1 saturated heterocycles. The molecule has 0 bridgehead atoms. The normalized spacial score (nSPS) is 18.6. The van der Waals surface area contributed by atoms with E-state index in [0.29, 0.717) is 19.4 Å². The van der Waals surface area contributed by atoms with Crippen LogP contribution in [0.2, 0.25) is 0 Å². The molecule has 2 aromatic rings. The Labute approximate surface area is 153 Å². The summed E-state index contributed by atoms with van der Waals surface area (Å²) >= 11 is 0. The molecule has 0 N–H and O–H groups in total. The molecule has 2 aromatic carbocycles. The second-order valence-corrected chi connectivity index (χ2v) is 8.60. The van der Waals surface area contributed by atoms with Crippen molar-refractivity contribution >= 4 is 26.8 Å². The van der Waals surface area contributed by atoms with Crippen LogP contribution in [0.15, 0.2) is 36.4 Å². The van der Waals surface area contributed by atoms with Crippen molar-refractivity contribution in [3.8, 4) is 5.75 Å². The summed E-state index contributed by atoms with van der Waals surface area (Å²) < 4.78 is 35.3. The predicted octanol–water partition coefficient (Wildman–Crippen LogP) is 2.56. The van der Waals surface area contributed by atoms with Crippen LogP contribution in [0.3, 0.4) is 0 Å². The lowest BCUT2D eigenvalue weighted by molar-refractivity contribution is -0.151. The van der Waals surface area contributed by atoms with Crippen LogP contribution in [0.1, 0.15) is 18.4 Å². The van der Waals surface area contributed by atoms with Crippen molar-refractivity contribution in [2.24, 2.45) is 5.92 Å². The minimum Gasteiger partial charge on any atom is -0.497 e. The Kier molecular flexibility index (Phi) is 5.48. The lowest BCUT2D eigenvalue weighted by atomic mass is 10.00. The van der Waals surface area contributed by atoms with Gasteiger partial charge in [-0.2, -0.15) is 0 Å². The third-order valence-corrected chi connectivity index (χ3v) is 5.95. The van der Waals surface area contributed by atoms with E-state index in [9.17, 15) is 13.2 Å². The number of nitrogens with zero attached hydrogens (tertiary/aromatic N) is 1. The summed E-state index contributed by atoms with van der Waals surface area (Å²) in [6, 6.07) is 11.7. The Bertz CT molecular complexity index is 909. The zero-order valence-electron chi connectivity index (χ0n) is 15.0. The fraction of sp³-hybridized carbons (Fsp3) is 0.421. The van der Waals surface area contributed by atoms with Crippen LogP contribution in [0.25, 0.3) is 10.8 Å². The van der Waals surface area contributed by atoms with Gasteiger partial charge in [0.15, 0.2) is 0 Å². The Morgan fingerprint density at radius 1 is 1.19 bits per heavy atom. The number of esters is 1. The molecule has 0 spiro atoms. The summed E-state index contributed by atoms with van der Waals surface area (Å²) in [5, 5.41) is 2.09. The highest BCUT2D eigenvalue weighted by molar-refractivity contribution is 7.88. The van der Waals surface area contributed by atoms with E-state index in [4.69, 9.17) is 9.47 Å². The van der Waals surface area contributed by atoms with Gasteiger partial charge in [-0.1, -0.05) is 18.2 Å². The van der Waals surface area contributed by atoms with Gasteiger partial charge in [0.05, 0.1) is 19.3 Å². The van der Waals surface area contributed by atoms with Crippen molar-refractivity contribution in [1.82, 2.24) is 4.31 Å². The molecular weight excluding hydrogens is 354 g/mol. The second kappa shape index (κ2) is 7.63. The number of sulfonamides is 1. The highest BCUT2D eigenvalue weighted by Crippen LogP contribution is 2.23. The summed E-state index contributed by atoms with van der Waals surface area (Å²) in [6.45, 7) is 0.849. The molecule has 1 unspecified atom stereocenters. The molecule has 1 atom stereocenters. The number of carbonyl (C=O) groups excluding carboxylic acids is 1. The van der Waals surface area contributed by atoms with E-state index in [-0.39, 0.29) is 19.1 Å². The van der Waals surface area contributed by atoms with Crippen LogP contribution in [0, 0.1) is 5.92 Å². The maximum atomic E-state index is 12.3. The second-order valence-electron chi connectivity index (χ2n) is 6.62. The molecule has 140 valence electrons. The highest BCUT2D eigenvalue weighted by Gasteiger charge is 2.31. The summed E-state index contributed by atoms with van der Waals surface area (Å²) in [7, 11) is -1.64. The molecule has 0 aliphatic carbocycles. The van der Waals surface area contributed by atoms with Gasteiger partial charge in [0, 0.05) is 13.1 Å². The summed E-state index contributed by atoms with van der Waals surface area (Å²) in [5.41, 5.74) is 0.895. The number of carbonyl (C=O) groups is 1. The Morgan fingerprint density at radius 2 is 1.92 bits per heavy atom. The zero-order valence-corrected chi connectivity index (χ0v) is 15.8. The van der Waals surface area contributed by atoms with Gasteiger partial charge in [-0.15, -0.1) is 0 Å². The molecule has 1 fully saturated rings. The van der Waals surface area contributed by atoms with Gasteiger partial charge in [0.2, 0.25) is 10.0 Å². The van der Waals surface area contributed by atoms with E-state index in [2.05, 4.69) is 0 Å². The molecule has 0 amide bonds. The first-order valence-corrected chi connectivity index (χ1v) is 10.4. The van der Waals surface area contributed by atoms with Gasteiger partial charge in [0.25, 0.3) is 0 Å². The number of hydrogen-bond donors (Lipinski definition) is 0. The van der Waals surface area contributed by atoms with Crippen LogP contribution in [-0.2, 0) is 26.2 Å². The van der Waals surface area contributed by atoms with Crippen molar-refractivity contribution < 1.29 is 22.7 Å². The molecule has 0 saturated carbocycles. The molecule has 7 heteroatoms. The Balaban J connectivity index is 1.63. The van der Waals surface area contributed by atoms with Crippen molar-refractivity contribution in [3.05, 3.63) is 42.0 Å². The average Bonchev–Trinajstić information content (AvgIpc) is 2.65. The van der Waals surface area contributed by atoms with Gasteiger partial charge in [-0.05, 0) is 47.4 Å². The zero-order chi connectivity index (χ0) is 18.7. The van der Waals surface area contributed by atoms with Gasteiger partial charge in [-0.3, -0.25) is 4.79 Å². The lowest BCUT2D eigenvalue weighted by Crippen LogP contribution is -2.42. The topological polar surface area (TPSA) is 72.9 Å². The maximum absolute atomic E-state index is 12.3. The van der Waals surface area contributed by atoms with E-state index >= 15 is 0 Å². The standard InChI is InChI=1S/C19H23NO5S/c1-24-18-8-7-15-10-14(5-6-16(15)11-18)13-25-19(21)17-4-3-9-20(12-17)26(2,22)23/h5-8,10-11,17H,3-4,9,12-13H2,1-2H3. The SMILES string of the molecule is COc1ccc2cc(COC(=O)C3CCCN(S(C)(=O)=O)C3)ccc2c1. The van der Waals surface area contributed by atoms with Crippen molar-refractivity contribution in [2.75, 3.05) is 26.5 Å². The fourth-order valence-corrected chi connectivity index (χ4v) is 4.11. The molecule has 0 aromatic heterocycles. The van der Waals surface area contributed by atoms with E-state index in [1.807, 2.05) is 36.4 Å². The van der Waals surface area contributed by atoms with Crippen LogP contribution < -0.4 is 4.74 Å². The first-order chi connectivity index (χ1) is 12.4. The Hall–Kier alpha value is -2.12. The van der Waals surface area contributed by atoms with Crippen molar-refractivity contribution in [2.45, 2.75) is 19.4 Å². The number of benzene rings is 2. The van der Waals surface area contributed by atoms with Gasteiger partial charge >= 0.3 is 5.97 Å². The average molecular weight is 377 g/mol. The van der Waals surface area contributed by atoms with E-state index in [0.717, 1.165) is 22.1 Å². The Morgan fingerprint density at radius 3 is 2.65 bits per heavy atom. The molecule has 3 rings (SSSR count). The van der Waals surface area contributed by atoms with Crippen LogP contribution in [0.5, 0.6) is 5.75 Å². The smallest absolute Gasteiger partial charge is 0.310 e. The number of piperidine rings is 1. The molecule has 26 heavy (non-hydrogen) atoms. The molecule has 1 heterocycles. The molecule has 1 aliphatic rings. The molecule has 0 radical (unpaired) electrons. The highest BCUT2D eigenvalue weighted by atomic mass is 32.2. The summed E-state index contributed by atoms with van der Waals surface area (Å²) in [6.07, 6.45) is 2.50. The van der Waals surface area contributed by atoms with E-state index in [1.165, 1.54) is 10.6 Å². The van der Waals surface area contributed by atoms with Crippen LogP contribution in [0.4, 0.5) is 0 Å². The minimum atomic E-state index is -3.27. The van der Waals surface area contributed by atoms with Crippen LogP contribution in [-0.4, -0.2) is 45.1 Å². The number of ether oxygens (including phenoxy) is 2. The first-order valence-electron chi connectivity index (χ1n) is 8.55. The molecule has 1 aliphatic heterocycles. The summed E-state index contributed by atoms with van der Waals surface area (Å²) in [4.78, 5) is 12.3. The number of methoxy groups -OCH3 is 1. The monoisotopic (exact) mass is 377 g/mol. The number of fused-ring (bicyclic) bond motifs is 1. The predicted molar refractivity (Wildman–Crippen MR) is 99.4 cm³/mol. The van der Waals surface area contributed by atoms with E-state index < -0.39 is 15.9 Å². The third-order valence-electron chi connectivity index (χ3n) is 4.68. The number of rotatable bonds is 5. The van der Waals surface area contributed by atoms with Gasteiger partial charge in [0.1, 0.15) is 12.4 Å². The van der Waals surface area contributed by atoms with Gasteiger partial charge < -0.3 is 9.47 Å². The van der Waals surface area contributed by atoms with Crippen molar-refractivity contribution in [3.63, 3.8) is 0 Å². The van der Waals surface area contributed by atoms with Crippen molar-refractivity contribution in [1.29, 1.82) is 0 Å². The molecular formula is C19H23NO5S. The fourth-order valence-electron chi connectivity index (χ4n) is 3.20. The maximum Gasteiger partial charge on any atom is 0.310 e. The van der Waals surface area contributed by atoms with E-state index in [1.54, 1.807) is 7.11 Å². The number of hydrogen-bond acceptors (Lipinski definition) is 5. The third kappa shape index (κ3) is 4.34. The minimum absolute atomic E-state index is 0.177. The lowest BCUT2D eigenvalue weighted by Gasteiger charge is -2.29. The largest absolute Gasteiger partial charge is 0.497 e. The summed E-state index contributed by atoms with van der Waals surface area (Å²) in [5.74, 6) is 0.0563. The molecule has 6 nitrogen and oxygen atoms in total. The quantitative estimate of drug-likeness (QED) is 0.749. The van der Waals surface area contributed by atoms with Gasteiger partial charge in [-0.25, -0.2) is 12.7 Å². The van der Waals surface area contributed by atoms with Crippen LogP contribution >= 0.6 is 0 Å². The first kappa shape index (κ1) is 18.7.